The van der Waals surface area contributed by atoms with E-state index in [9.17, 15) is 14.4 Å². The summed E-state index contributed by atoms with van der Waals surface area (Å²) in [5.41, 5.74) is 2.29. The molecule has 2 aromatic rings. The number of benzene rings is 2. The molecule has 0 aliphatic carbocycles. The maximum absolute atomic E-state index is 11.9. The number of fused-ring (bicyclic) bond motifs is 1. The van der Waals surface area contributed by atoms with Crippen molar-refractivity contribution in [3.8, 4) is 17.2 Å². The second-order valence-corrected chi connectivity index (χ2v) is 6.58. The minimum Gasteiger partial charge on any atom is -0.486 e. The third kappa shape index (κ3) is 5.87. The van der Waals surface area contributed by atoms with Gasteiger partial charge >= 0.3 is 12.0 Å². The second kappa shape index (κ2) is 9.64. The molecule has 0 spiro atoms. The summed E-state index contributed by atoms with van der Waals surface area (Å²) in [6.45, 7) is 3.69. The monoisotopic (exact) mass is 414 g/mol. The van der Waals surface area contributed by atoms with E-state index in [0.717, 1.165) is 11.1 Å². The van der Waals surface area contributed by atoms with Crippen molar-refractivity contribution in [1.82, 2.24) is 5.32 Å². The largest absolute Gasteiger partial charge is 0.486 e. The van der Waals surface area contributed by atoms with Crippen molar-refractivity contribution in [2.24, 2.45) is 0 Å². The number of imide groups is 1. The van der Waals surface area contributed by atoms with Crippen molar-refractivity contribution in [2.45, 2.75) is 13.8 Å². The Morgan fingerprint density at radius 1 is 0.967 bits per heavy atom. The number of ether oxygens (including phenoxy) is 4. The molecule has 1 aliphatic heterocycles. The van der Waals surface area contributed by atoms with Crippen LogP contribution in [0.2, 0.25) is 0 Å². The maximum Gasteiger partial charge on any atom is 0.344 e. The van der Waals surface area contributed by atoms with Crippen LogP contribution >= 0.6 is 0 Å². The van der Waals surface area contributed by atoms with E-state index in [-0.39, 0.29) is 6.61 Å². The molecule has 2 N–H and O–H groups in total. The van der Waals surface area contributed by atoms with Crippen molar-refractivity contribution in [2.75, 3.05) is 31.7 Å². The minimum absolute atomic E-state index is 0.346. The first-order chi connectivity index (χ1) is 14.4. The highest BCUT2D eigenvalue weighted by atomic mass is 16.6. The number of urea groups is 1. The van der Waals surface area contributed by atoms with Gasteiger partial charge in [0.05, 0.1) is 0 Å². The highest BCUT2D eigenvalue weighted by molar-refractivity contribution is 6.02. The number of hydrogen-bond acceptors (Lipinski definition) is 7. The van der Waals surface area contributed by atoms with Gasteiger partial charge in [0.15, 0.2) is 24.7 Å². The Morgan fingerprint density at radius 3 is 2.53 bits per heavy atom. The Kier molecular flexibility index (Phi) is 6.74. The lowest BCUT2D eigenvalue weighted by Gasteiger charge is -2.19. The van der Waals surface area contributed by atoms with E-state index in [1.807, 2.05) is 26.0 Å². The molecule has 1 aliphatic rings. The van der Waals surface area contributed by atoms with Gasteiger partial charge < -0.3 is 24.3 Å². The summed E-state index contributed by atoms with van der Waals surface area (Å²) < 4.78 is 21.1. The summed E-state index contributed by atoms with van der Waals surface area (Å²) in [6.07, 6.45) is 0. The molecule has 0 saturated heterocycles. The van der Waals surface area contributed by atoms with Crippen LogP contribution in [-0.2, 0) is 14.3 Å². The van der Waals surface area contributed by atoms with Gasteiger partial charge in [-0.05, 0) is 43.2 Å². The van der Waals surface area contributed by atoms with Crippen molar-refractivity contribution in [1.29, 1.82) is 0 Å². The standard InChI is InChI=1S/C21H22N2O7/c1-13-3-4-14(2)17(9-13)29-12-20(25)30-11-19(24)23-21(26)22-15-5-6-16-18(10-15)28-8-7-27-16/h3-6,9-10H,7-8,11-12H2,1-2H3,(H2,22,23,24,26). The number of esters is 1. The zero-order valence-corrected chi connectivity index (χ0v) is 16.7. The summed E-state index contributed by atoms with van der Waals surface area (Å²) >= 11 is 0. The van der Waals surface area contributed by atoms with Crippen LogP contribution in [0.15, 0.2) is 36.4 Å². The van der Waals surface area contributed by atoms with E-state index in [4.69, 9.17) is 18.9 Å². The Bertz CT molecular complexity index is 958. The molecule has 9 heteroatoms. The van der Waals surface area contributed by atoms with E-state index >= 15 is 0 Å². The molecule has 3 rings (SSSR count). The van der Waals surface area contributed by atoms with Crippen LogP contribution in [0.4, 0.5) is 10.5 Å². The molecule has 9 nitrogen and oxygen atoms in total. The van der Waals surface area contributed by atoms with Crippen LogP contribution in [0, 0.1) is 13.8 Å². The molecule has 0 radical (unpaired) electrons. The first-order valence-corrected chi connectivity index (χ1v) is 9.27. The third-order valence-electron chi connectivity index (χ3n) is 4.11. The number of amides is 3. The van der Waals surface area contributed by atoms with Crippen molar-refractivity contribution >= 4 is 23.6 Å². The van der Waals surface area contributed by atoms with Gasteiger partial charge in [-0.25, -0.2) is 9.59 Å². The molecule has 1 heterocycles. The van der Waals surface area contributed by atoms with E-state index in [1.165, 1.54) is 0 Å². The zero-order valence-electron chi connectivity index (χ0n) is 16.7. The van der Waals surface area contributed by atoms with Crippen LogP contribution < -0.4 is 24.8 Å². The Morgan fingerprint density at radius 2 is 1.73 bits per heavy atom. The van der Waals surface area contributed by atoms with Crippen LogP contribution in [-0.4, -0.2) is 44.3 Å². The highest BCUT2D eigenvalue weighted by Crippen LogP contribution is 2.32. The molecular weight excluding hydrogens is 392 g/mol. The van der Waals surface area contributed by atoms with Gasteiger partial charge in [-0.1, -0.05) is 12.1 Å². The summed E-state index contributed by atoms with van der Waals surface area (Å²) in [7, 11) is 0. The van der Waals surface area contributed by atoms with Crippen LogP contribution in [0.25, 0.3) is 0 Å². The summed E-state index contributed by atoms with van der Waals surface area (Å²) in [5, 5.41) is 4.57. The topological polar surface area (TPSA) is 112 Å². The fourth-order valence-electron chi connectivity index (χ4n) is 2.63. The SMILES string of the molecule is Cc1ccc(C)c(OCC(=O)OCC(=O)NC(=O)Nc2ccc3c(c2)OCCO3)c1. The van der Waals surface area contributed by atoms with Crippen molar-refractivity contribution in [3.63, 3.8) is 0 Å². The molecule has 0 unspecified atom stereocenters. The molecule has 0 aromatic heterocycles. The van der Waals surface area contributed by atoms with Gasteiger partial charge in [0.2, 0.25) is 0 Å². The zero-order chi connectivity index (χ0) is 21.5. The lowest BCUT2D eigenvalue weighted by Crippen LogP contribution is -2.37. The Hall–Kier alpha value is -3.75. The fraction of sp³-hybridized carbons (Fsp3) is 0.286. The lowest BCUT2D eigenvalue weighted by atomic mass is 10.1. The fourth-order valence-corrected chi connectivity index (χ4v) is 2.63. The number of hydrogen-bond donors (Lipinski definition) is 2. The average Bonchev–Trinajstić information content (AvgIpc) is 2.72. The minimum atomic E-state index is -0.773. The number of anilines is 1. The molecule has 0 saturated carbocycles. The number of carbonyl (C=O) groups excluding carboxylic acids is 3. The first-order valence-electron chi connectivity index (χ1n) is 9.27. The van der Waals surface area contributed by atoms with Gasteiger partial charge in [0.1, 0.15) is 19.0 Å². The van der Waals surface area contributed by atoms with E-state index in [1.54, 1.807) is 24.3 Å². The van der Waals surface area contributed by atoms with E-state index in [0.29, 0.717) is 36.1 Å². The quantitative estimate of drug-likeness (QED) is 0.698. The highest BCUT2D eigenvalue weighted by Gasteiger charge is 2.15. The number of rotatable bonds is 6. The van der Waals surface area contributed by atoms with Gasteiger partial charge in [0, 0.05) is 11.8 Å². The predicted molar refractivity (Wildman–Crippen MR) is 107 cm³/mol. The number of nitrogens with one attached hydrogen (secondary N) is 2. The van der Waals surface area contributed by atoms with Crippen molar-refractivity contribution < 1.29 is 33.3 Å². The van der Waals surface area contributed by atoms with Gasteiger partial charge in [-0.2, -0.15) is 0 Å². The summed E-state index contributed by atoms with van der Waals surface area (Å²) in [6, 6.07) is 9.70. The normalized spacial score (nSPS) is 11.9. The summed E-state index contributed by atoms with van der Waals surface area (Å²) in [5.74, 6) is 0.153. The van der Waals surface area contributed by atoms with Gasteiger partial charge in [0.25, 0.3) is 5.91 Å². The smallest absolute Gasteiger partial charge is 0.344 e. The van der Waals surface area contributed by atoms with Crippen LogP contribution in [0.3, 0.4) is 0 Å². The van der Waals surface area contributed by atoms with Gasteiger partial charge in [-0.15, -0.1) is 0 Å². The molecule has 0 fully saturated rings. The van der Waals surface area contributed by atoms with Crippen LogP contribution in [0.1, 0.15) is 11.1 Å². The van der Waals surface area contributed by atoms with E-state index in [2.05, 4.69) is 10.6 Å². The predicted octanol–water partition coefficient (Wildman–Crippen LogP) is 2.34. The maximum atomic E-state index is 11.9. The number of carbonyl (C=O) groups is 3. The third-order valence-corrected chi connectivity index (χ3v) is 4.11. The lowest BCUT2D eigenvalue weighted by molar-refractivity contribution is -0.150. The Balaban J connectivity index is 1.40. The average molecular weight is 414 g/mol. The summed E-state index contributed by atoms with van der Waals surface area (Å²) in [4.78, 5) is 35.5. The molecular formula is C21H22N2O7. The van der Waals surface area contributed by atoms with Crippen molar-refractivity contribution in [3.05, 3.63) is 47.5 Å². The van der Waals surface area contributed by atoms with E-state index < -0.39 is 24.5 Å². The molecule has 0 bridgehead atoms. The molecule has 0 atom stereocenters. The molecule has 2 aromatic carbocycles. The Labute approximate surface area is 173 Å². The second-order valence-electron chi connectivity index (χ2n) is 6.58. The molecule has 3 amide bonds. The molecule has 158 valence electrons. The van der Waals surface area contributed by atoms with Crippen LogP contribution in [0.5, 0.6) is 17.2 Å². The number of aryl methyl sites for hydroxylation is 2. The first kappa shape index (κ1) is 21.0. The molecule has 30 heavy (non-hydrogen) atoms. The van der Waals surface area contributed by atoms with Gasteiger partial charge in [-0.3, -0.25) is 10.1 Å².